The van der Waals surface area contributed by atoms with Gasteiger partial charge in [-0.25, -0.2) is 0 Å². The molecule has 1 N–H and O–H groups in total. The highest BCUT2D eigenvalue weighted by Gasteiger charge is 2.25. The van der Waals surface area contributed by atoms with E-state index in [9.17, 15) is 5.11 Å². The van der Waals surface area contributed by atoms with E-state index in [0.29, 0.717) is 16.2 Å². The molecule has 3 rings (SSSR count). The zero-order chi connectivity index (χ0) is 16.8. The molecule has 2 aromatic carbocycles. The maximum atomic E-state index is 10.8. The lowest BCUT2D eigenvalue weighted by Gasteiger charge is -2.25. The van der Waals surface area contributed by atoms with Crippen LogP contribution in [0.3, 0.4) is 0 Å². The van der Waals surface area contributed by atoms with E-state index in [4.69, 9.17) is 11.6 Å². The molecule has 0 aliphatic heterocycles. The van der Waals surface area contributed by atoms with Gasteiger partial charge in [0.1, 0.15) is 22.5 Å². The minimum Gasteiger partial charge on any atom is -0.505 e. The lowest BCUT2D eigenvalue weighted by atomic mass is 9.81. The summed E-state index contributed by atoms with van der Waals surface area (Å²) in [7, 11) is 0. The van der Waals surface area contributed by atoms with Crippen molar-refractivity contribution in [1.29, 1.82) is 0 Å². The molecular weight excluding hydrogens is 310 g/mol. The van der Waals surface area contributed by atoms with Crippen LogP contribution < -0.4 is 0 Å². The molecule has 1 aromatic heterocycles. The Morgan fingerprint density at radius 1 is 1.13 bits per heavy atom. The van der Waals surface area contributed by atoms with Crippen LogP contribution in [0.5, 0.6) is 5.75 Å². The number of aromatic hydroxyl groups is 1. The van der Waals surface area contributed by atoms with Crippen molar-refractivity contribution < 1.29 is 5.11 Å². The highest BCUT2D eigenvalue weighted by molar-refractivity contribution is 6.31. The smallest absolute Gasteiger partial charge is 0.146 e. The molecule has 0 saturated carbocycles. The van der Waals surface area contributed by atoms with Crippen LogP contribution in [-0.4, -0.2) is 20.1 Å². The molecular formula is C18H20ClN3O. The van der Waals surface area contributed by atoms with Gasteiger partial charge in [-0.05, 0) is 48.6 Å². The van der Waals surface area contributed by atoms with Crippen LogP contribution >= 0.6 is 11.6 Å². The third kappa shape index (κ3) is 2.79. The average Bonchev–Trinajstić information content (AvgIpc) is 2.91. The highest BCUT2D eigenvalue weighted by atomic mass is 35.5. The predicted octanol–water partition coefficient (Wildman–Crippen LogP) is 4.78. The number of aromatic nitrogens is 3. The van der Waals surface area contributed by atoms with Crippen molar-refractivity contribution in [3.63, 3.8) is 0 Å². The normalized spacial score (nSPS) is 12.0. The Labute approximate surface area is 140 Å². The van der Waals surface area contributed by atoms with Gasteiger partial charge < -0.3 is 5.11 Å². The summed E-state index contributed by atoms with van der Waals surface area (Å²) >= 11 is 6.01. The van der Waals surface area contributed by atoms with Crippen molar-refractivity contribution in [2.75, 3.05) is 0 Å². The number of hydrogen-bond donors (Lipinski definition) is 1. The van der Waals surface area contributed by atoms with Crippen molar-refractivity contribution in [1.82, 2.24) is 15.0 Å². The van der Waals surface area contributed by atoms with Crippen molar-refractivity contribution in [2.45, 2.75) is 39.5 Å². The number of halogens is 1. The van der Waals surface area contributed by atoms with Crippen molar-refractivity contribution in [2.24, 2.45) is 0 Å². The van der Waals surface area contributed by atoms with Crippen molar-refractivity contribution in [3.8, 4) is 11.4 Å². The SMILES string of the molecule is CCC(C)(C)c1cc(C)cc(-n2nc3ccc(Cl)cc3n2)c1O. The average molecular weight is 330 g/mol. The van der Waals surface area contributed by atoms with Gasteiger partial charge in [0, 0.05) is 10.6 Å². The van der Waals surface area contributed by atoms with Gasteiger partial charge in [0.25, 0.3) is 0 Å². The minimum atomic E-state index is -0.124. The maximum Gasteiger partial charge on any atom is 0.146 e. The predicted molar refractivity (Wildman–Crippen MR) is 93.6 cm³/mol. The maximum absolute atomic E-state index is 10.8. The van der Waals surface area contributed by atoms with Gasteiger partial charge in [-0.3, -0.25) is 0 Å². The second-order valence-corrected chi connectivity index (χ2v) is 6.98. The number of phenolic OH excluding ortho intramolecular Hbond substituents is 1. The van der Waals surface area contributed by atoms with E-state index in [1.807, 2.05) is 25.1 Å². The largest absolute Gasteiger partial charge is 0.505 e. The molecule has 5 heteroatoms. The molecule has 0 spiro atoms. The third-order valence-electron chi connectivity index (χ3n) is 4.40. The van der Waals surface area contributed by atoms with E-state index >= 15 is 0 Å². The van der Waals surface area contributed by atoms with Crippen LogP contribution in [0.25, 0.3) is 16.7 Å². The number of hydrogen-bond acceptors (Lipinski definition) is 3. The zero-order valence-corrected chi connectivity index (χ0v) is 14.5. The molecule has 4 nitrogen and oxygen atoms in total. The summed E-state index contributed by atoms with van der Waals surface area (Å²) in [5.74, 6) is 0.230. The van der Waals surface area contributed by atoms with E-state index < -0.39 is 0 Å². The van der Waals surface area contributed by atoms with Crippen LogP contribution in [0.4, 0.5) is 0 Å². The summed E-state index contributed by atoms with van der Waals surface area (Å²) in [6.45, 7) is 8.37. The standard InChI is InChI=1S/C18H20ClN3O/c1-5-18(3,4)13-8-11(2)9-16(17(13)23)22-20-14-7-6-12(19)10-15(14)21-22/h6-10,23H,5H2,1-4H3. The molecule has 3 aromatic rings. The number of benzene rings is 2. The molecule has 0 fully saturated rings. The first-order valence-electron chi connectivity index (χ1n) is 7.69. The van der Waals surface area contributed by atoms with Crippen LogP contribution in [0.15, 0.2) is 30.3 Å². The number of fused-ring (bicyclic) bond motifs is 1. The molecule has 0 aliphatic rings. The number of nitrogens with zero attached hydrogens (tertiary/aromatic N) is 3. The molecule has 0 atom stereocenters. The highest BCUT2D eigenvalue weighted by Crippen LogP contribution is 2.38. The van der Waals surface area contributed by atoms with Crippen LogP contribution in [0.2, 0.25) is 5.02 Å². The second-order valence-electron chi connectivity index (χ2n) is 6.54. The second kappa shape index (κ2) is 5.53. The first kappa shape index (κ1) is 15.8. The van der Waals surface area contributed by atoms with Gasteiger partial charge in [-0.15, -0.1) is 15.0 Å². The van der Waals surface area contributed by atoms with Crippen molar-refractivity contribution in [3.05, 3.63) is 46.5 Å². The lowest BCUT2D eigenvalue weighted by molar-refractivity contribution is 0.423. The molecule has 23 heavy (non-hydrogen) atoms. The molecule has 0 radical (unpaired) electrons. The number of rotatable bonds is 3. The molecule has 1 heterocycles. The van der Waals surface area contributed by atoms with E-state index in [-0.39, 0.29) is 11.2 Å². The topological polar surface area (TPSA) is 50.9 Å². The van der Waals surface area contributed by atoms with E-state index in [2.05, 4.69) is 31.0 Å². The van der Waals surface area contributed by atoms with Gasteiger partial charge in [0.15, 0.2) is 0 Å². The fourth-order valence-corrected chi connectivity index (χ4v) is 2.78. The Kier molecular flexibility index (Phi) is 3.80. The molecule has 120 valence electrons. The Morgan fingerprint density at radius 2 is 1.83 bits per heavy atom. The summed E-state index contributed by atoms with van der Waals surface area (Å²) < 4.78 is 0. The van der Waals surface area contributed by atoms with Crippen LogP contribution in [0.1, 0.15) is 38.3 Å². The van der Waals surface area contributed by atoms with Gasteiger partial charge in [-0.2, -0.15) is 0 Å². The lowest BCUT2D eigenvalue weighted by Crippen LogP contribution is -2.17. The van der Waals surface area contributed by atoms with Gasteiger partial charge in [-0.1, -0.05) is 38.4 Å². The number of phenols is 1. The summed E-state index contributed by atoms with van der Waals surface area (Å²) in [5, 5.41) is 20.3. The van der Waals surface area contributed by atoms with Crippen molar-refractivity contribution >= 4 is 22.6 Å². The monoisotopic (exact) mass is 329 g/mol. The van der Waals surface area contributed by atoms with E-state index in [1.165, 1.54) is 4.80 Å². The Hall–Kier alpha value is -2.07. The third-order valence-corrected chi connectivity index (χ3v) is 4.64. The quantitative estimate of drug-likeness (QED) is 0.752. The zero-order valence-electron chi connectivity index (χ0n) is 13.8. The van der Waals surface area contributed by atoms with E-state index in [1.54, 1.807) is 12.1 Å². The summed E-state index contributed by atoms with van der Waals surface area (Å²) in [5.41, 5.74) is 3.89. The van der Waals surface area contributed by atoms with Gasteiger partial charge in [0.2, 0.25) is 0 Å². The Morgan fingerprint density at radius 3 is 2.52 bits per heavy atom. The van der Waals surface area contributed by atoms with E-state index in [0.717, 1.165) is 23.1 Å². The summed E-state index contributed by atoms with van der Waals surface area (Å²) in [4.78, 5) is 1.48. The molecule has 0 unspecified atom stereocenters. The number of aryl methyl sites for hydroxylation is 1. The first-order chi connectivity index (χ1) is 10.8. The minimum absolute atomic E-state index is 0.124. The molecule has 0 aliphatic carbocycles. The molecule has 0 amide bonds. The van der Waals surface area contributed by atoms with Crippen LogP contribution in [0, 0.1) is 6.92 Å². The molecule has 0 saturated heterocycles. The van der Waals surface area contributed by atoms with Crippen LogP contribution in [-0.2, 0) is 5.41 Å². The molecule has 0 bridgehead atoms. The Balaban J connectivity index is 2.22. The Bertz CT molecular complexity index is 883. The fourth-order valence-electron chi connectivity index (χ4n) is 2.61. The summed E-state index contributed by atoms with van der Waals surface area (Å²) in [6.07, 6.45) is 0.924. The fraction of sp³-hybridized carbons (Fsp3) is 0.333. The van der Waals surface area contributed by atoms with Gasteiger partial charge >= 0.3 is 0 Å². The summed E-state index contributed by atoms with van der Waals surface area (Å²) in [6, 6.07) is 9.30. The van der Waals surface area contributed by atoms with Gasteiger partial charge in [0.05, 0.1) is 0 Å². The first-order valence-corrected chi connectivity index (χ1v) is 8.06.